The fourth-order valence-corrected chi connectivity index (χ4v) is 2.39. The molecule has 0 aromatic carbocycles. The number of esters is 1. The van der Waals surface area contributed by atoms with Crippen molar-refractivity contribution >= 4 is 33.3 Å². The Bertz CT molecular complexity index is 541. The molecule has 0 fully saturated rings. The standard InChI is InChI=1S/C12H15N3O2S/c1-3-17-10(16)6-8(2)15-11-9-4-5-18-12(9)14-7-13-11/h4-5,7-8H,3,6H2,1-2H3,(H,13,14,15). The van der Waals surface area contributed by atoms with E-state index in [2.05, 4.69) is 15.3 Å². The fraction of sp³-hybridized carbons (Fsp3) is 0.417. The summed E-state index contributed by atoms with van der Waals surface area (Å²) in [5, 5.41) is 6.17. The van der Waals surface area contributed by atoms with Crippen LogP contribution in [-0.2, 0) is 9.53 Å². The highest BCUT2D eigenvalue weighted by molar-refractivity contribution is 7.16. The van der Waals surface area contributed by atoms with Gasteiger partial charge in [0.2, 0.25) is 0 Å². The van der Waals surface area contributed by atoms with Crippen LogP contribution in [0.15, 0.2) is 17.8 Å². The molecule has 1 N–H and O–H groups in total. The van der Waals surface area contributed by atoms with Crippen molar-refractivity contribution in [1.29, 1.82) is 0 Å². The van der Waals surface area contributed by atoms with Crippen LogP contribution in [0.3, 0.4) is 0 Å². The van der Waals surface area contributed by atoms with E-state index in [4.69, 9.17) is 4.74 Å². The molecule has 2 rings (SSSR count). The second-order valence-electron chi connectivity index (χ2n) is 3.92. The first-order chi connectivity index (χ1) is 8.70. The van der Waals surface area contributed by atoms with Crippen LogP contribution >= 0.6 is 11.3 Å². The van der Waals surface area contributed by atoms with E-state index >= 15 is 0 Å². The quantitative estimate of drug-likeness (QED) is 0.841. The van der Waals surface area contributed by atoms with Gasteiger partial charge in [-0.05, 0) is 25.3 Å². The molecule has 0 spiro atoms. The minimum Gasteiger partial charge on any atom is -0.466 e. The third-order valence-electron chi connectivity index (χ3n) is 2.42. The van der Waals surface area contributed by atoms with Crippen LogP contribution in [0.25, 0.3) is 10.2 Å². The Kier molecular flexibility index (Phi) is 4.09. The predicted molar refractivity (Wildman–Crippen MR) is 71.7 cm³/mol. The Morgan fingerprint density at radius 2 is 2.39 bits per heavy atom. The Labute approximate surface area is 109 Å². The van der Waals surface area contributed by atoms with E-state index in [1.165, 1.54) is 6.33 Å². The third-order valence-corrected chi connectivity index (χ3v) is 3.24. The number of ether oxygens (including phenoxy) is 1. The number of nitrogens with one attached hydrogen (secondary N) is 1. The molecule has 0 aliphatic carbocycles. The van der Waals surface area contributed by atoms with E-state index in [9.17, 15) is 4.79 Å². The zero-order valence-corrected chi connectivity index (χ0v) is 11.2. The summed E-state index contributed by atoms with van der Waals surface area (Å²) in [4.78, 5) is 20.7. The second-order valence-corrected chi connectivity index (χ2v) is 4.81. The normalized spacial score (nSPS) is 12.3. The van der Waals surface area contributed by atoms with Crippen molar-refractivity contribution < 1.29 is 9.53 Å². The number of carbonyl (C=O) groups is 1. The lowest BCUT2D eigenvalue weighted by Crippen LogP contribution is -2.21. The molecule has 6 heteroatoms. The van der Waals surface area contributed by atoms with Crippen LogP contribution in [0.2, 0.25) is 0 Å². The molecule has 0 amide bonds. The van der Waals surface area contributed by atoms with Gasteiger partial charge in [0.25, 0.3) is 0 Å². The van der Waals surface area contributed by atoms with E-state index in [0.717, 1.165) is 16.0 Å². The van der Waals surface area contributed by atoms with Crippen LogP contribution in [0.5, 0.6) is 0 Å². The number of thiophene rings is 1. The molecule has 96 valence electrons. The first-order valence-electron chi connectivity index (χ1n) is 5.81. The Morgan fingerprint density at radius 3 is 3.17 bits per heavy atom. The predicted octanol–water partition coefficient (Wildman–Crippen LogP) is 2.44. The van der Waals surface area contributed by atoms with Gasteiger partial charge >= 0.3 is 5.97 Å². The number of hydrogen-bond donors (Lipinski definition) is 1. The van der Waals surface area contributed by atoms with Crippen LogP contribution in [0, 0.1) is 0 Å². The monoisotopic (exact) mass is 265 g/mol. The van der Waals surface area contributed by atoms with Crippen LogP contribution in [0.4, 0.5) is 5.82 Å². The Morgan fingerprint density at radius 1 is 1.56 bits per heavy atom. The molecule has 2 heterocycles. The summed E-state index contributed by atoms with van der Waals surface area (Å²) < 4.78 is 4.91. The van der Waals surface area contributed by atoms with Gasteiger partial charge in [-0.15, -0.1) is 11.3 Å². The lowest BCUT2D eigenvalue weighted by Gasteiger charge is -2.13. The number of hydrogen-bond acceptors (Lipinski definition) is 6. The molecule has 2 aromatic rings. The number of fused-ring (bicyclic) bond motifs is 1. The molecular formula is C12H15N3O2S. The lowest BCUT2D eigenvalue weighted by molar-refractivity contribution is -0.143. The van der Waals surface area contributed by atoms with Crippen molar-refractivity contribution in [2.75, 3.05) is 11.9 Å². The van der Waals surface area contributed by atoms with Crippen molar-refractivity contribution in [3.63, 3.8) is 0 Å². The highest BCUT2D eigenvalue weighted by Gasteiger charge is 2.12. The zero-order chi connectivity index (χ0) is 13.0. The highest BCUT2D eigenvalue weighted by Crippen LogP contribution is 2.24. The minimum atomic E-state index is -0.201. The first-order valence-corrected chi connectivity index (χ1v) is 6.69. The summed E-state index contributed by atoms with van der Waals surface area (Å²) in [7, 11) is 0. The SMILES string of the molecule is CCOC(=O)CC(C)Nc1ncnc2sccc12. The van der Waals surface area contributed by atoms with Gasteiger partial charge in [0.05, 0.1) is 18.4 Å². The summed E-state index contributed by atoms with van der Waals surface area (Å²) in [6.45, 7) is 4.14. The van der Waals surface area contributed by atoms with Gasteiger partial charge in [0.15, 0.2) is 0 Å². The Balaban J connectivity index is 2.04. The molecule has 1 unspecified atom stereocenters. The summed E-state index contributed by atoms with van der Waals surface area (Å²) in [5.74, 6) is 0.561. The highest BCUT2D eigenvalue weighted by atomic mass is 32.1. The first kappa shape index (κ1) is 12.8. The molecule has 5 nitrogen and oxygen atoms in total. The maximum Gasteiger partial charge on any atom is 0.307 e. The average molecular weight is 265 g/mol. The number of rotatable bonds is 5. The van der Waals surface area contributed by atoms with E-state index in [1.807, 2.05) is 18.4 Å². The molecule has 2 aromatic heterocycles. The number of nitrogens with zero attached hydrogens (tertiary/aromatic N) is 2. The summed E-state index contributed by atoms with van der Waals surface area (Å²) >= 11 is 1.57. The van der Waals surface area contributed by atoms with Crippen molar-refractivity contribution in [2.24, 2.45) is 0 Å². The van der Waals surface area contributed by atoms with Gasteiger partial charge in [-0.2, -0.15) is 0 Å². The van der Waals surface area contributed by atoms with E-state index < -0.39 is 0 Å². The van der Waals surface area contributed by atoms with E-state index in [-0.39, 0.29) is 12.0 Å². The molecule has 0 aliphatic rings. The molecule has 1 atom stereocenters. The molecule has 0 saturated heterocycles. The van der Waals surface area contributed by atoms with Gasteiger partial charge in [-0.25, -0.2) is 9.97 Å². The van der Waals surface area contributed by atoms with E-state index in [1.54, 1.807) is 18.3 Å². The van der Waals surface area contributed by atoms with Crippen LogP contribution < -0.4 is 5.32 Å². The number of anilines is 1. The van der Waals surface area contributed by atoms with Gasteiger partial charge < -0.3 is 10.1 Å². The molecular weight excluding hydrogens is 250 g/mol. The largest absolute Gasteiger partial charge is 0.466 e. The van der Waals surface area contributed by atoms with Crippen LogP contribution in [-0.4, -0.2) is 28.6 Å². The van der Waals surface area contributed by atoms with Gasteiger partial charge in [0, 0.05) is 6.04 Å². The topological polar surface area (TPSA) is 64.1 Å². The summed E-state index contributed by atoms with van der Waals surface area (Å²) in [6, 6.07) is 1.95. The van der Waals surface area contributed by atoms with Crippen molar-refractivity contribution in [3.05, 3.63) is 17.8 Å². The molecule has 0 bridgehead atoms. The smallest absolute Gasteiger partial charge is 0.307 e. The molecule has 0 radical (unpaired) electrons. The molecule has 0 saturated carbocycles. The molecule has 0 aliphatic heterocycles. The fourth-order valence-electron chi connectivity index (χ4n) is 1.66. The van der Waals surface area contributed by atoms with Crippen molar-refractivity contribution in [1.82, 2.24) is 9.97 Å². The average Bonchev–Trinajstić information content (AvgIpc) is 2.78. The van der Waals surface area contributed by atoms with Gasteiger partial charge in [0.1, 0.15) is 17.0 Å². The summed E-state index contributed by atoms with van der Waals surface area (Å²) in [6.07, 6.45) is 1.85. The van der Waals surface area contributed by atoms with Crippen molar-refractivity contribution in [2.45, 2.75) is 26.3 Å². The maximum atomic E-state index is 11.4. The van der Waals surface area contributed by atoms with Crippen LogP contribution in [0.1, 0.15) is 20.3 Å². The second kappa shape index (κ2) is 5.77. The molecule has 18 heavy (non-hydrogen) atoms. The minimum absolute atomic E-state index is 0.0259. The number of carbonyl (C=O) groups excluding carboxylic acids is 1. The number of aromatic nitrogens is 2. The Hall–Kier alpha value is -1.69. The van der Waals surface area contributed by atoms with Gasteiger partial charge in [-0.3, -0.25) is 4.79 Å². The third kappa shape index (κ3) is 2.95. The van der Waals surface area contributed by atoms with E-state index in [0.29, 0.717) is 13.0 Å². The van der Waals surface area contributed by atoms with Crippen molar-refractivity contribution in [3.8, 4) is 0 Å². The maximum absolute atomic E-state index is 11.4. The van der Waals surface area contributed by atoms with Gasteiger partial charge in [-0.1, -0.05) is 0 Å². The summed E-state index contributed by atoms with van der Waals surface area (Å²) in [5.41, 5.74) is 0. The lowest BCUT2D eigenvalue weighted by atomic mass is 10.2. The zero-order valence-electron chi connectivity index (χ0n) is 10.3.